The quantitative estimate of drug-likeness (QED) is 0.631. The highest BCUT2D eigenvalue weighted by Gasteiger charge is 2.03. The second kappa shape index (κ2) is 7.93. The Bertz CT molecular complexity index is 642. The van der Waals surface area contributed by atoms with Crippen LogP contribution in [-0.4, -0.2) is 27.5 Å². The molecule has 5 heteroatoms. The van der Waals surface area contributed by atoms with E-state index in [1.54, 1.807) is 27.5 Å². The number of ether oxygens (including phenoxy) is 3. The minimum atomic E-state index is 0.582. The highest BCUT2D eigenvalue weighted by atomic mass is 16.5. The number of para-hydroxylation sites is 1. The van der Waals surface area contributed by atoms with Gasteiger partial charge in [0, 0.05) is 17.2 Å². The molecule has 1 N–H and O–H groups in total. The number of methoxy groups -OCH3 is 3. The maximum Gasteiger partial charge on any atom is 0.131 e. The molecule has 0 aromatic heterocycles. The molecule has 0 unspecified atom stereocenters. The molecule has 0 spiro atoms. The van der Waals surface area contributed by atoms with Crippen molar-refractivity contribution >= 4 is 6.21 Å². The highest BCUT2D eigenvalue weighted by Crippen LogP contribution is 2.23. The summed E-state index contributed by atoms with van der Waals surface area (Å²) in [4.78, 5) is 0. The normalized spacial score (nSPS) is 10.5. The fraction of sp³-hybridized carbons (Fsp3) is 0.235. The summed E-state index contributed by atoms with van der Waals surface area (Å²) in [7, 11) is 4.90. The average Bonchev–Trinajstić information content (AvgIpc) is 2.59. The van der Waals surface area contributed by atoms with Crippen LogP contribution in [0.2, 0.25) is 0 Å². The number of rotatable bonds is 7. The smallest absolute Gasteiger partial charge is 0.131 e. The third-order valence-corrected chi connectivity index (χ3v) is 3.20. The van der Waals surface area contributed by atoms with E-state index in [1.807, 2.05) is 42.5 Å². The molecule has 0 heterocycles. The van der Waals surface area contributed by atoms with Crippen LogP contribution < -0.4 is 19.6 Å². The first kappa shape index (κ1) is 15.7. The molecule has 2 rings (SSSR count). The fourth-order valence-corrected chi connectivity index (χ4v) is 2.02. The molecule has 0 amide bonds. The van der Waals surface area contributed by atoms with Crippen molar-refractivity contribution in [3.63, 3.8) is 0 Å². The summed E-state index contributed by atoms with van der Waals surface area (Å²) in [6, 6.07) is 13.4. The Balaban J connectivity index is 2.01. The second-order valence-corrected chi connectivity index (χ2v) is 4.51. The van der Waals surface area contributed by atoms with E-state index >= 15 is 0 Å². The molecule has 0 radical (unpaired) electrons. The zero-order chi connectivity index (χ0) is 15.8. The highest BCUT2D eigenvalue weighted by molar-refractivity contribution is 5.83. The standard InChI is InChI=1S/C17H20N2O3/c1-20-15-9-8-14(17(10-15)22-3)12-19-18-11-13-6-4-5-7-16(13)21-2/h4-10,12,18H,11H2,1-3H3/b19-12-. The lowest BCUT2D eigenvalue weighted by Gasteiger charge is -2.08. The molecule has 0 atom stereocenters. The van der Waals surface area contributed by atoms with Crippen molar-refractivity contribution in [1.82, 2.24) is 5.43 Å². The van der Waals surface area contributed by atoms with Crippen molar-refractivity contribution < 1.29 is 14.2 Å². The number of hydrogen-bond acceptors (Lipinski definition) is 5. The van der Waals surface area contributed by atoms with Crippen LogP contribution in [0.1, 0.15) is 11.1 Å². The Kier molecular flexibility index (Phi) is 5.65. The van der Waals surface area contributed by atoms with E-state index in [1.165, 1.54) is 0 Å². The van der Waals surface area contributed by atoms with Gasteiger partial charge in [-0.05, 0) is 18.2 Å². The summed E-state index contributed by atoms with van der Waals surface area (Å²) in [5, 5.41) is 4.23. The lowest BCUT2D eigenvalue weighted by Crippen LogP contribution is -2.07. The maximum absolute atomic E-state index is 5.32. The van der Waals surface area contributed by atoms with E-state index in [9.17, 15) is 0 Å². The minimum absolute atomic E-state index is 0.582. The van der Waals surface area contributed by atoms with Gasteiger partial charge in [-0.25, -0.2) is 0 Å². The topological polar surface area (TPSA) is 52.1 Å². The molecule has 0 bridgehead atoms. The van der Waals surface area contributed by atoms with Crippen LogP contribution in [0.25, 0.3) is 0 Å². The zero-order valence-corrected chi connectivity index (χ0v) is 13.0. The zero-order valence-electron chi connectivity index (χ0n) is 13.0. The summed E-state index contributed by atoms with van der Waals surface area (Å²) in [6.07, 6.45) is 1.72. The first-order valence-corrected chi connectivity index (χ1v) is 6.88. The first-order chi connectivity index (χ1) is 10.8. The van der Waals surface area contributed by atoms with E-state index < -0.39 is 0 Å². The summed E-state index contributed by atoms with van der Waals surface area (Å²) < 4.78 is 15.8. The monoisotopic (exact) mass is 300 g/mol. The van der Waals surface area contributed by atoms with Gasteiger partial charge in [-0.2, -0.15) is 5.10 Å². The van der Waals surface area contributed by atoms with E-state index in [2.05, 4.69) is 10.5 Å². The molecule has 0 saturated carbocycles. The second-order valence-electron chi connectivity index (χ2n) is 4.51. The molecule has 0 saturated heterocycles. The molecular weight excluding hydrogens is 280 g/mol. The number of nitrogens with zero attached hydrogens (tertiary/aromatic N) is 1. The van der Waals surface area contributed by atoms with Gasteiger partial charge in [-0.3, -0.25) is 0 Å². The summed E-state index contributed by atoms with van der Waals surface area (Å²) in [5.74, 6) is 2.30. The van der Waals surface area contributed by atoms with E-state index in [0.717, 1.165) is 22.6 Å². The van der Waals surface area contributed by atoms with Crippen molar-refractivity contribution in [2.24, 2.45) is 5.10 Å². The van der Waals surface area contributed by atoms with Crippen molar-refractivity contribution in [2.45, 2.75) is 6.54 Å². The molecule has 0 fully saturated rings. The van der Waals surface area contributed by atoms with Crippen LogP contribution >= 0.6 is 0 Å². The minimum Gasteiger partial charge on any atom is -0.497 e. The number of hydrazone groups is 1. The lowest BCUT2D eigenvalue weighted by molar-refractivity contribution is 0.394. The van der Waals surface area contributed by atoms with Crippen molar-refractivity contribution in [3.05, 3.63) is 53.6 Å². The van der Waals surface area contributed by atoms with Gasteiger partial charge in [-0.15, -0.1) is 0 Å². The average molecular weight is 300 g/mol. The molecular formula is C17H20N2O3. The molecule has 2 aromatic rings. The Hall–Kier alpha value is -2.69. The molecule has 22 heavy (non-hydrogen) atoms. The van der Waals surface area contributed by atoms with Crippen LogP contribution in [-0.2, 0) is 6.54 Å². The van der Waals surface area contributed by atoms with Gasteiger partial charge < -0.3 is 19.6 Å². The third kappa shape index (κ3) is 3.91. The van der Waals surface area contributed by atoms with Gasteiger partial charge in [-0.1, -0.05) is 18.2 Å². The van der Waals surface area contributed by atoms with E-state index in [0.29, 0.717) is 12.3 Å². The molecule has 5 nitrogen and oxygen atoms in total. The Morgan fingerprint density at radius 2 is 1.73 bits per heavy atom. The van der Waals surface area contributed by atoms with Gasteiger partial charge in [0.1, 0.15) is 17.2 Å². The molecule has 0 aliphatic rings. The molecule has 0 aliphatic heterocycles. The van der Waals surface area contributed by atoms with Gasteiger partial charge in [0.25, 0.3) is 0 Å². The van der Waals surface area contributed by atoms with Crippen molar-refractivity contribution in [2.75, 3.05) is 21.3 Å². The van der Waals surface area contributed by atoms with Crippen LogP contribution in [0.4, 0.5) is 0 Å². The Morgan fingerprint density at radius 1 is 0.955 bits per heavy atom. The van der Waals surface area contributed by atoms with Crippen LogP contribution in [0.3, 0.4) is 0 Å². The van der Waals surface area contributed by atoms with Gasteiger partial charge in [0.15, 0.2) is 0 Å². The van der Waals surface area contributed by atoms with Crippen molar-refractivity contribution in [3.8, 4) is 17.2 Å². The predicted molar refractivity (Wildman–Crippen MR) is 87.0 cm³/mol. The van der Waals surface area contributed by atoms with Crippen LogP contribution in [0.5, 0.6) is 17.2 Å². The third-order valence-electron chi connectivity index (χ3n) is 3.20. The maximum atomic E-state index is 5.32. The van der Waals surface area contributed by atoms with E-state index in [-0.39, 0.29) is 0 Å². The Labute approximate surface area is 130 Å². The predicted octanol–water partition coefficient (Wildman–Crippen LogP) is 2.84. The molecule has 116 valence electrons. The number of hydrogen-bond donors (Lipinski definition) is 1. The van der Waals surface area contributed by atoms with Gasteiger partial charge >= 0.3 is 0 Å². The Morgan fingerprint density at radius 3 is 2.45 bits per heavy atom. The lowest BCUT2D eigenvalue weighted by atomic mass is 10.2. The van der Waals surface area contributed by atoms with Crippen LogP contribution in [0.15, 0.2) is 47.6 Å². The largest absolute Gasteiger partial charge is 0.497 e. The summed E-state index contributed by atoms with van der Waals surface area (Å²) >= 11 is 0. The van der Waals surface area contributed by atoms with Crippen LogP contribution in [0, 0.1) is 0 Å². The van der Waals surface area contributed by atoms with E-state index in [4.69, 9.17) is 14.2 Å². The fourth-order valence-electron chi connectivity index (χ4n) is 2.02. The van der Waals surface area contributed by atoms with Crippen molar-refractivity contribution in [1.29, 1.82) is 0 Å². The molecule has 0 aliphatic carbocycles. The number of nitrogens with one attached hydrogen (secondary N) is 1. The SMILES string of the molecule is COc1ccc(/C=N\NCc2ccccc2OC)c(OC)c1. The summed E-state index contributed by atoms with van der Waals surface area (Å²) in [6.45, 7) is 0.582. The molecule has 2 aromatic carbocycles. The number of benzene rings is 2. The first-order valence-electron chi connectivity index (χ1n) is 6.88. The summed E-state index contributed by atoms with van der Waals surface area (Å²) in [5.41, 5.74) is 4.92. The van der Waals surface area contributed by atoms with Gasteiger partial charge in [0.05, 0.1) is 34.1 Å². The van der Waals surface area contributed by atoms with Gasteiger partial charge in [0.2, 0.25) is 0 Å².